The van der Waals surface area contributed by atoms with Gasteiger partial charge >= 0.3 is 0 Å². The summed E-state index contributed by atoms with van der Waals surface area (Å²) in [4.78, 5) is 4.84. The van der Waals surface area contributed by atoms with Crippen LogP contribution >= 0.6 is 0 Å². The number of hydrogen-bond acceptors (Lipinski definition) is 2. The van der Waals surface area contributed by atoms with Crippen molar-refractivity contribution in [1.82, 2.24) is 8.97 Å². The molecule has 0 fully saturated rings. The van der Waals surface area contributed by atoms with Gasteiger partial charge in [-0.3, -0.25) is 0 Å². The van der Waals surface area contributed by atoms with Gasteiger partial charge in [0.1, 0.15) is 11.8 Å². The van der Waals surface area contributed by atoms with Crippen LogP contribution in [0.3, 0.4) is 0 Å². The standard InChI is InChI=1S/C40H24N4/c1-23-20-25(22-41)42-32-15-7-4-13-28(32)38(23)44-35-19-18-24-10-2-3-11-26(24)36(35)31-21-30-27-12-5-8-16-33(27)43-34-17-9-6-14-29(34)37(39(30)43)40(31)44/h2-19,21H,20H2,1H3. The number of fused-ring (bicyclic) bond motifs is 13. The van der Waals surface area contributed by atoms with E-state index >= 15 is 0 Å². The number of rotatable bonds is 1. The summed E-state index contributed by atoms with van der Waals surface area (Å²) in [6, 6.07) is 43.9. The maximum Gasteiger partial charge on any atom is 0.122 e. The average Bonchev–Trinajstić information content (AvgIpc) is 3.66. The topological polar surface area (TPSA) is 45.5 Å². The normalized spacial score (nSPS) is 14.0. The summed E-state index contributed by atoms with van der Waals surface area (Å²) in [7, 11) is 0. The summed E-state index contributed by atoms with van der Waals surface area (Å²) < 4.78 is 4.94. The molecule has 6 aromatic carbocycles. The Morgan fingerprint density at radius 2 is 1.34 bits per heavy atom. The zero-order valence-electron chi connectivity index (χ0n) is 24.0. The Morgan fingerprint density at radius 3 is 2.18 bits per heavy atom. The van der Waals surface area contributed by atoms with Crippen LogP contribution in [0.2, 0.25) is 0 Å². The van der Waals surface area contributed by atoms with Crippen LogP contribution in [0.1, 0.15) is 18.9 Å². The lowest BCUT2D eigenvalue weighted by Gasteiger charge is -2.17. The second-order valence-electron chi connectivity index (χ2n) is 11.9. The molecule has 1 aliphatic rings. The molecule has 44 heavy (non-hydrogen) atoms. The Hall–Kier alpha value is -5.92. The van der Waals surface area contributed by atoms with E-state index in [1.807, 2.05) is 12.1 Å². The molecule has 0 unspecified atom stereocenters. The summed E-state index contributed by atoms with van der Waals surface area (Å²) in [5.74, 6) is 0. The van der Waals surface area contributed by atoms with Crippen LogP contribution in [-0.2, 0) is 0 Å². The van der Waals surface area contributed by atoms with Gasteiger partial charge in [-0.25, -0.2) is 4.99 Å². The second kappa shape index (κ2) is 8.34. The van der Waals surface area contributed by atoms with Crippen LogP contribution in [0.25, 0.3) is 76.4 Å². The minimum atomic E-state index is 0.504. The summed E-state index contributed by atoms with van der Waals surface area (Å²) in [5.41, 5.74) is 10.7. The molecule has 4 heteroatoms. The van der Waals surface area contributed by atoms with Crippen molar-refractivity contribution in [2.24, 2.45) is 4.99 Å². The van der Waals surface area contributed by atoms with Crippen LogP contribution in [0.5, 0.6) is 0 Å². The lowest BCUT2D eigenvalue weighted by atomic mass is 10.00. The average molecular weight is 561 g/mol. The first kappa shape index (κ1) is 23.6. The molecule has 1 aliphatic heterocycles. The maximum atomic E-state index is 10.0. The van der Waals surface area contributed by atoms with E-state index in [1.54, 1.807) is 0 Å². The highest BCUT2D eigenvalue weighted by Gasteiger charge is 2.28. The molecule has 0 bridgehead atoms. The van der Waals surface area contributed by atoms with Gasteiger partial charge in [0, 0.05) is 44.3 Å². The number of allylic oxidation sites excluding steroid dienone is 1. The van der Waals surface area contributed by atoms with E-state index in [9.17, 15) is 5.26 Å². The minimum Gasteiger partial charge on any atom is -0.308 e. The maximum absolute atomic E-state index is 10.0. The molecule has 0 saturated heterocycles. The molecule has 0 aliphatic carbocycles. The SMILES string of the molecule is CC1=C(n2c3ccc4ccccc4c3c3cc4c5ccccc5n5c6ccccc6c(c32)c45)c2ccccc2N=C(C#N)C1. The number of aromatic nitrogens is 2. The molecule has 9 aromatic rings. The van der Waals surface area contributed by atoms with Gasteiger partial charge < -0.3 is 8.97 Å². The highest BCUT2D eigenvalue weighted by Crippen LogP contribution is 2.49. The third-order valence-electron chi connectivity index (χ3n) is 9.59. The summed E-state index contributed by atoms with van der Waals surface area (Å²) in [5, 5.41) is 20.0. The van der Waals surface area contributed by atoms with Crippen LogP contribution in [-0.4, -0.2) is 14.7 Å². The highest BCUT2D eigenvalue weighted by molar-refractivity contribution is 6.36. The van der Waals surface area contributed by atoms with Gasteiger partial charge in [0.2, 0.25) is 0 Å². The number of nitrogens with zero attached hydrogens (tertiary/aromatic N) is 4. The molecule has 4 heterocycles. The molecule has 0 atom stereocenters. The van der Waals surface area contributed by atoms with E-state index in [1.165, 1.54) is 65.2 Å². The highest BCUT2D eigenvalue weighted by atomic mass is 15.0. The van der Waals surface area contributed by atoms with Crippen molar-refractivity contribution in [2.45, 2.75) is 13.3 Å². The molecule has 3 aromatic heterocycles. The zero-order valence-corrected chi connectivity index (χ0v) is 24.0. The molecular formula is C40H24N4. The van der Waals surface area contributed by atoms with Gasteiger partial charge in [-0.15, -0.1) is 0 Å². The van der Waals surface area contributed by atoms with Crippen molar-refractivity contribution >= 4 is 87.8 Å². The Kier molecular flexibility index (Phi) is 4.48. The van der Waals surface area contributed by atoms with Crippen molar-refractivity contribution in [3.8, 4) is 6.07 Å². The molecular weight excluding hydrogens is 536 g/mol. The Morgan fingerprint density at radius 1 is 0.636 bits per heavy atom. The van der Waals surface area contributed by atoms with Gasteiger partial charge in [-0.1, -0.05) is 84.9 Å². The van der Waals surface area contributed by atoms with Crippen LogP contribution in [0.4, 0.5) is 5.69 Å². The Balaban J connectivity index is 1.54. The van der Waals surface area contributed by atoms with Crippen LogP contribution in [0, 0.1) is 11.3 Å². The van der Waals surface area contributed by atoms with Gasteiger partial charge in [-0.05, 0) is 53.6 Å². The largest absolute Gasteiger partial charge is 0.308 e. The number of benzene rings is 6. The first-order valence-corrected chi connectivity index (χ1v) is 15.0. The number of para-hydroxylation sites is 3. The molecule has 0 saturated carbocycles. The van der Waals surface area contributed by atoms with Crippen LogP contribution in [0.15, 0.2) is 126 Å². The van der Waals surface area contributed by atoms with Gasteiger partial charge in [-0.2, -0.15) is 5.26 Å². The predicted molar refractivity (Wildman–Crippen MR) is 183 cm³/mol. The predicted octanol–water partition coefficient (Wildman–Crippen LogP) is 10.4. The van der Waals surface area contributed by atoms with Crippen molar-refractivity contribution in [2.75, 3.05) is 0 Å². The molecule has 10 rings (SSSR count). The molecule has 0 amide bonds. The fourth-order valence-corrected chi connectivity index (χ4v) is 7.90. The summed E-state index contributed by atoms with van der Waals surface area (Å²) in [6.07, 6.45) is 0.504. The van der Waals surface area contributed by atoms with Crippen molar-refractivity contribution < 1.29 is 0 Å². The van der Waals surface area contributed by atoms with E-state index in [4.69, 9.17) is 4.99 Å². The van der Waals surface area contributed by atoms with Gasteiger partial charge in [0.05, 0.1) is 39.0 Å². The first-order valence-electron chi connectivity index (χ1n) is 15.0. The second-order valence-corrected chi connectivity index (χ2v) is 11.9. The van der Waals surface area contributed by atoms with Crippen molar-refractivity contribution in [1.29, 1.82) is 5.26 Å². The zero-order chi connectivity index (χ0) is 29.1. The Labute approximate surface area is 252 Å². The molecule has 0 N–H and O–H groups in total. The van der Waals surface area contributed by atoms with E-state index in [2.05, 4.69) is 125 Å². The van der Waals surface area contributed by atoms with Crippen molar-refractivity contribution in [3.05, 3.63) is 126 Å². The van der Waals surface area contributed by atoms with E-state index < -0.39 is 0 Å². The molecule has 204 valence electrons. The summed E-state index contributed by atoms with van der Waals surface area (Å²) in [6.45, 7) is 2.16. The third-order valence-corrected chi connectivity index (χ3v) is 9.59. The van der Waals surface area contributed by atoms with Gasteiger partial charge in [0.25, 0.3) is 0 Å². The number of aliphatic imine (C=N–C) groups is 1. The van der Waals surface area contributed by atoms with Crippen molar-refractivity contribution in [3.63, 3.8) is 0 Å². The number of nitriles is 1. The molecule has 0 radical (unpaired) electrons. The van der Waals surface area contributed by atoms with E-state index in [-0.39, 0.29) is 0 Å². The lowest BCUT2D eigenvalue weighted by molar-refractivity contribution is 1.16. The Bertz CT molecular complexity index is 2810. The van der Waals surface area contributed by atoms with Gasteiger partial charge in [0.15, 0.2) is 0 Å². The van der Waals surface area contributed by atoms with E-state index in [0.29, 0.717) is 12.1 Å². The monoisotopic (exact) mass is 560 g/mol. The smallest absolute Gasteiger partial charge is 0.122 e. The molecule has 0 spiro atoms. The minimum absolute atomic E-state index is 0.504. The first-order chi connectivity index (χ1) is 21.7. The quantitative estimate of drug-likeness (QED) is 0.197. The fourth-order valence-electron chi connectivity index (χ4n) is 7.90. The third kappa shape index (κ3) is 2.84. The van der Waals surface area contributed by atoms with Crippen LogP contribution < -0.4 is 0 Å². The number of hydrogen-bond donors (Lipinski definition) is 0. The van der Waals surface area contributed by atoms with E-state index in [0.717, 1.165) is 28.0 Å². The molecule has 4 nitrogen and oxygen atoms in total. The fraction of sp³-hybridized carbons (Fsp3) is 0.0500. The summed E-state index contributed by atoms with van der Waals surface area (Å²) >= 11 is 0. The lowest BCUT2D eigenvalue weighted by Crippen LogP contribution is -2.03.